The van der Waals surface area contributed by atoms with E-state index in [2.05, 4.69) is 23.5 Å². The molecule has 2 N–H and O–H groups in total. The van der Waals surface area contributed by atoms with Gasteiger partial charge in [-0.1, -0.05) is 32.3 Å². The van der Waals surface area contributed by atoms with Crippen LogP contribution in [0.3, 0.4) is 0 Å². The summed E-state index contributed by atoms with van der Waals surface area (Å²) in [5, 5.41) is 5.83. The number of benzene rings is 1. The van der Waals surface area contributed by atoms with Crippen LogP contribution in [0.5, 0.6) is 0 Å². The highest BCUT2D eigenvalue weighted by Crippen LogP contribution is 2.20. The van der Waals surface area contributed by atoms with Crippen molar-refractivity contribution >= 4 is 11.6 Å². The first-order valence-electron chi connectivity index (χ1n) is 7.30. The highest BCUT2D eigenvalue weighted by molar-refractivity contribution is 6.00. The maximum absolute atomic E-state index is 14.0. The van der Waals surface area contributed by atoms with Gasteiger partial charge in [0.25, 0.3) is 5.91 Å². The summed E-state index contributed by atoms with van der Waals surface area (Å²) in [7, 11) is 0. The number of anilines is 1. The molecule has 0 aliphatic carbocycles. The van der Waals surface area contributed by atoms with E-state index in [1.807, 2.05) is 6.92 Å². The number of terminal acetylenes is 1. The molecule has 0 saturated heterocycles. The molecule has 0 spiro atoms. The van der Waals surface area contributed by atoms with Crippen LogP contribution in [-0.4, -0.2) is 18.0 Å². The third kappa shape index (κ3) is 4.49. The van der Waals surface area contributed by atoms with Crippen molar-refractivity contribution in [3.63, 3.8) is 0 Å². The van der Waals surface area contributed by atoms with Crippen LogP contribution in [0, 0.1) is 18.2 Å². The van der Waals surface area contributed by atoms with Gasteiger partial charge in [0.15, 0.2) is 0 Å². The SMILES string of the molecule is C#CC(C)(CC)NC(=O)c1c(F)cccc1NCCCC. The number of hydrogen-bond acceptors (Lipinski definition) is 2. The molecule has 1 unspecified atom stereocenters. The van der Waals surface area contributed by atoms with Crippen LogP contribution in [0.25, 0.3) is 0 Å². The Kier molecular flexibility index (Phi) is 6.23. The zero-order valence-corrected chi connectivity index (χ0v) is 12.9. The monoisotopic (exact) mass is 290 g/mol. The van der Waals surface area contributed by atoms with Crippen molar-refractivity contribution < 1.29 is 9.18 Å². The van der Waals surface area contributed by atoms with Gasteiger partial charge >= 0.3 is 0 Å². The number of carbonyl (C=O) groups is 1. The molecule has 0 saturated carbocycles. The molecular formula is C17H23FN2O. The average molecular weight is 290 g/mol. The van der Waals surface area contributed by atoms with Gasteiger partial charge in [0.1, 0.15) is 5.82 Å². The Morgan fingerprint density at radius 2 is 2.14 bits per heavy atom. The lowest BCUT2D eigenvalue weighted by atomic mass is 9.99. The molecule has 1 rings (SSSR count). The Hall–Kier alpha value is -2.02. The zero-order chi connectivity index (χ0) is 15.9. The van der Waals surface area contributed by atoms with E-state index < -0.39 is 17.3 Å². The average Bonchev–Trinajstić information content (AvgIpc) is 2.47. The van der Waals surface area contributed by atoms with Crippen molar-refractivity contribution in [2.75, 3.05) is 11.9 Å². The molecule has 1 atom stereocenters. The topological polar surface area (TPSA) is 41.1 Å². The Bertz CT molecular complexity index is 536. The Morgan fingerprint density at radius 3 is 2.71 bits per heavy atom. The minimum absolute atomic E-state index is 0.0172. The molecule has 1 amide bonds. The summed E-state index contributed by atoms with van der Waals surface area (Å²) < 4.78 is 14.0. The highest BCUT2D eigenvalue weighted by Gasteiger charge is 2.25. The van der Waals surface area contributed by atoms with E-state index in [1.54, 1.807) is 19.1 Å². The number of rotatable bonds is 7. The zero-order valence-electron chi connectivity index (χ0n) is 12.9. The van der Waals surface area contributed by atoms with Crippen molar-refractivity contribution in [2.24, 2.45) is 0 Å². The largest absolute Gasteiger partial charge is 0.384 e. The van der Waals surface area contributed by atoms with Crippen molar-refractivity contribution in [3.8, 4) is 12.3 Å². The number of carbonyl (C=O) groups excluding carboxylic acids is 1. The number of amides is 1. The second-order valence-corrected chi connectivity index (χ2v) is 5.23. The normalized spacial score (nSPS) is 13.1. The third-order valence-electron chi connectivity index (χ3n) is 3.50. The molecule has 1 aromatic carbocycles. The summed E-state index contributed by atoms with van der Waals surface area (Å²) in [5.41, 5.74) is -0.264. The Morgan fingerprint density at radius 1 is 1.43 bits per heavy atom. The number of unbranched alkanes of at least 4 members (excludes halogenated alkanes) is 1. The van der Waals surface area contributed by atoms with Crippen LogP contribution >= 0.6 is 0 Å². The molecule has 0 aliphatic heterocycles. The lowest BCUT2D eigenvalue weighted by Gasteiger charge is -2.24. The summed E-state index contributed by atoms with van der Waals surface area (Å²) in [6, 6.07) is 4.56. The first-order valence-corrected chi connectivity index (χ1v) is 7.30. The summed E-state index contributed by atoms with van der Waals surface area (Å²) in [6.45, 7) is 6.39. The molecule has 3 nitrogen and oxygen atoms in total. The smallest absolute Gasteiger partial charge is 0.257 e. The fourth-order valence-corrected chi connectivity index (χ4v) is 1.84. The van der Waals surface area contributed by atoms with Crippen LogP contribution in [0.1, 0.15) is 50.4 Å². The molecule has 0 radical (unpaired) electrons. The lowest BCUT2D eigenvalue weighted by molar-refractivity contribution is 0.0920. The highest BCUT2D eigenvalue weighted by atomic mass is 19.1. The quantitative estimate of drug-likeness (QED) is 0.595. The molecule has 0 heterocycles. The summed E-state index contributed by atoms with van der Waals surface area (Å²) >= 11 is 0. The van der Waals surface area contributed by atoms with Gasteiger partial charge in [0.05, 0.1) is 11.1 Å². The van der Waals surface area contributed by atoms with Crippen LogP contribution in [0.15, 0.2) is 18.2 Å². The van der Waals surface area contributed by atoms with Gasteiger partial charge in [-0.05, 0) is 31.9 Å². The second kappa shape index (κ2) is 7.68. The van der Waals surface area contributed by atoms with E-state index in [4.69, 9.17) is 6.42 Å². The van der Waals surface area contributed by atoms with E-state index >= 15 is 0 Å². The van der Waals surface area contributed by atoms with E-state index in [0.29, 0.717) is 18.7 Å². The fraction of sp³-hybridized carbons (Fsp3) is 0.471. The van der Waals surface area contributed by atoms with Gasteiger partial charge in [-0.15, -0.1) is 6.42 Å². The molecule has 4 heteroatoms. The number of halogens is 1. The Labute approximate surface area is 126 Å². The number of nitrogens with one attached hydrogen (secondary N) is 2. The Balaban J connectivity index is 3.00. The van der Waals surface area contributed by atoms with Crippen LogP contribution < -0.4 is 10.6 Å². The van der Waals surface area contributed by atoms with E-state index in [-0.39, 0.29) is 5.56 Å². The minimum Gasteiger partial charge on any atom is -0.384 e. The van der Waals surface area contributed by atoms with Gasteiger partial charge in [0, 0.05) is 12.2 Å². The van der Waals surface area contributed by atoms with Crippen molar-refractivity contribution in [1.82, 2.24) is 5.32 Å². The maximum atomic E-state index is 14.0. The van der Waals surface area contributed by atoms with E-state index in [1.165, 1.54) is 6.07 Å². The van der Waals surface area contributed by atoms with Crippen LogP contribution in [0.2, 0.25) is 0 Å². The first-order chi connectivity index (χ1) is 9.97. The van der Waals surface area contributed by atoms with E-state index in [9.17, 15) is 9.18 Å². The van der Waals surface area contributed by atoms with Crippen molar-refractivity contribution in [3.05, 3.63) is 29.6 Å². The molecule has 1 aromatic rings. The van der Waals surface area contributed by atoms with Crippen molar-refractivity contribution in [1.29, 1.82) is 0 Å². The van der Waals surface area contributed by atoms with Crippen molar-refractivity contribution in [2.45, 2.75) is 45.6 Å². The van der Waals surface area contributed by atoms with Crippen LogP contribution in [-0.2, 0) is 0 Å². The maximum Gasteiger partial charge on any atom is 0.257 e. The predicted octanol–water partition coefficient (Wildman–Crippen LogP) is 3.57. The van der Waals surface area contributed by atoms with Gasteiger partial charge in [-0.25, -0.2) is 4.39 Å². The van der Waals surface area contributed by atoms with Gasteiger partial charge in [0.2, 0.25) is 0 Å². The van der Waals surface area contributed by atoms with Gasteiger partial charge in [-0.3, -0.25) is 4.79 Å². The molecular weight excluding hydrogens is 267 g/mol. The fourth-order valence-electron chi connectivity index (χ4n) is 1.84. The minimum atomic E-state index is -0.778. The predicted molar refractivity (Wildman–Crippen MR) is 84.8 cm³/mol. The molecule has 114 valence electrons. The van der Waals surface area contributed by atoms with Gasteiger partial charge in [-0.2, -0.15) is 0 Å². The lowest BCUT2D eigenvalue weighted by Crippen LogP contribution is -2.44. The molecule has 0 bridgehead atoms. The summed E-state index contributed by atoms with van der Waals surface area (Å²) in [5.74, 6) is 1.50. The second-order valence-electron chi connectivity index (χ2n) is 5.23. The first kappa shape index (κ1) is 17.0. The molecule has 0 aromatic heterocycles. The van der Waals surface area contributed by atoms with Gasteiger partial charge < -0.3 is 10.6 Å². The summed E-state index contributed by atoms with van der Waals surface area (Å²) in [6.07, 6.45) is 7.99. The van der Waals surface area contributed by atoms with Crippen LogP contribution in [0.4, 0.5) is 10.1 Å². The number of hydrogen-bond donors (Lipinski definition) is 2. The third-order valence-corrected chi connectivity index (χ3v) is 3.50. The standard InChI is InChI=1S/C17H23FN2O/c1-5-8-12-19-14-11-9-10-13(18)15(14)16(21)20-17(4,6-2)7-3/h2,9-11,19H,5,7-8,12H2,1,3-4H3,(H,20,21). The molecule has 0 fully saturated rings. The summed E-state index contributed by atoms with van der Waals surface area (Å²) in [4.78, 5) is 12.4. The molecule has 0 aliphatic rings. The molecule has 21 heavy (non-hydrogen) atoms. The van der Waals surface area contributed by atoms with E-state index in [0.717, 1.165) is 12.8 Å².